The third-order valence-electron chi connectivity index (χ3n) is 0.926. The van der Waals surface area contributed by atoms with Gasteiger partial charge in [-0.05, 0) is 12.1 Å². The molecule has 0 N–H and O–H groups in total. The highest BCUT2D eigenvalue weighted by molar-refractivity contribution is 5.71. The van der Waals surface area contributed by atoms with Gasteiger partial charge >= 0.3 is 6.29 Å². The molecule has 0 bridgehead atoms. The first-order valence-corrected chi connectivity index (χ1v) is 2.70. The van der Waals surface area contributed by atoms with E-state index in [1.165, 1.54) is 0 Å². The van der Waals surface area contributed by atoms with Gasteiger partial charge in [0.25, 0.3) is 7.11 Å². The van der Waals surface area contributed by atoms with Crippen molar-refractivity contribution in [2.24, 2.45) is 0 Å². The van der Waals surface area contributed by atoms with Gasteiger partial charge in [0.05, 0.1) is 0 Å². The minimum atomic E-state index is 0.847. The van der Waals surface area contributed by atoms with E-state index in [9.17, 15) is 0 Å². The fourth-order valence-corrected chi connectivity index (χ4v) is 0.566. The Morgan fingerprint density at radius 1 is 1.56 bits per heavy atom. The van der Waals surface area contributed by atoms with E-state index in [2.05, 4.69) is 4.98 Å². The van der Waals surface area contributed by atoms with Crippen LogP contribution in [-0.4, -0.2) is 18.4 Å². The van der Waals surface area contributed by atoms with Crippen LogP contribution in [0.15, 0.2) is 24.4 Å². The minimum Gasteiger partial charge on any atom is -0.263 e. The van der Waals surface area contributed by atoms with E-state index in [0.717, 1.165) is 5.69 Å². The summed E-state index contributed by atoms with van der Waals surface area (Å²) in [5.74, 6) is 0. The average molecular weight is 122 g/mol. The topological polar surface area (TPSA) is 24.2 Å². The second-order valence-corrected chi connectivity index (χ2v) is 1.61. The molecule has 0 unspecified atom stereocenters. The predicted octanol–water partition coefficient (Wildman–Crippen LogP) is 1.06. The van der Waals surface area contributed by atoms with Crippen LogP contribution in [0.3, 0.4) is 0 Å². The maximum absolute atomic E-state index is 4.74. The van der Waals surface area contributed by atoms with Crippen molar-refractivity contribution >= 4 is 6.29 Å². The molecule has 0 saturated carbocycles. The quantitative estimate of drug-likeness (QED) is 0.403. The molecule has 0 fully saturated rings. The number of pyridine rings is 1. The van der Waals surface area contributed by atoms with Gasteiger partial charge in [-0.25, -0.2) is 4.98 Å². The molecule has 1 aromatic rings. The van der Waals surface area contributed by atoms with Crippen molar-refractivity contribution in [3.63, 3.8) is 0 Å². The monoisotopic (exact) mass is 122 g/mol. The molecule has 1 aromatic heterocycles. The summed E-state index contributed by atoms with van der Waals surface area (Å²) in [5, 5.41) is 0. The van der Waals surface area contributed by atoms with Crippen LogP contribution in [0.2, 0.25) is 0 Å². The maximum atomic E-state index is 4.74. The SMILES string of the molecule is C[O+]=Cc1ccccn1. The summed E-state index contributed by atoms with van der Waals surface area (Å²) < 4.78 is 4.74. The Kier molecular flexibility index (Phi) is 1.96. The lowest BCUT2D eigenvalue weighted by molar-refractivity contribution is -0.217. The van der Waals surface area contributed by atoms with Crippen LogP contribution in [0.5, 0.6) is 0 Å². The Hall–Kier alpha value is -1.18. The van der Waals surface area contributed by atoms with Crippen LogP contribution >= 0.6 is 0 Å². The zero-order valence-electron chi connectivity index (χ0n) is 5.24. The first kappa shape index (κ1) is 5.95. The summed E-state index contributed by atoms with van der Waals surface area (Å²) in [6, 6.07) is 5.66. The molecule has 0 aliphatic rings. The molecule has 1 rings (SSSR count). The van der Waals surface area contributed by atoms with Crippen LogP contribution in [0.1, 0.15) is 10.1 Å². The molecule has 0 saturated heterocycles. The van der Waals surface area contributed by atoms with Crippen molar-refractivity contribution in [1.82, 2.24) is 4.98 Å². The van der Waals surface area contributed by atoms with E-state index in [4.69, 9.17) is 4.42 Å². The molecule has 2 nitrogen and oxygen atoms in total. The minimum absolute atomic E-state index is 0.847. The summed E-state index contributed by atoms with van der Waals surface area (Å²) in [6.45, 7) is 0. The highest BCUT2D eigenvalue weighted by Gasteiger charge is 1.89. The molecule has 1 heterocycles. The summed E-state index contributed by atoms with van der Waals surface area (Å²) in [4.78, 5) is 3.99. The Labute approximate surface area is 53.9 Å². The largest absolute Gasteiger partial charge is 0.333 e. The molecule has 9 heavy (non-hydrogen) atoms. The molecule has 0 atom stereocenters. The van der Waals surface area contributed by atoms with Gasteiger partial charge in [0.2, 0.25) is 0 Å². The van der Waals surface area contributed by atoms with E-state index in [1.807, 2.05) is 18.2 Å². The predicted molar refractivity (Wildman–Crippen MR) is 35.5 cm³/mol. The maximum Gasteiger partial charge on any atom is 0.333 e. The standard InChI is InChI=1S/C7H8NO/c1-9-6-7-4-2-3-5-8-7/h2-6H,1H3/q+1. The molecular weight excluding hydrogens is 114 g/mol. The van der Waals surface area contributed by atoms with E-state index < -0.39 is 0 Å². The summed E-state index contributed by atoms with van der Waals surface area (Å²) in [6.07, 6.45) is 3.32. The zero-order valence-corrected chi connectivity index (χ0v) is 5.24. The number of aromatic nitrogens is 1. The number of rotatable bonds is 1. The summed E-state index contributed by atoms with van der Waals surface area (Å²) >= 11 is 0. The lowest BCUT2D eigenvalue weighted by atomic mass is 10.4. The molecule has 46 valence electrons. The van der Waals surface area contributed by atoms with Crippen molar-refractivity contribution in [3.8, 4) is 0 Å². The van der Waals surface area contributed by atoms with Gasteiger partial charge in [-0.3, -0.25) is 4.42 Å². The summed E-state index contributed by atoms with van der Waals surface area (Å²) in [7, 11) is 1.61. The van der Waals surface area contributed by atoms with E-state index in [-0.39, 0.29) is 0 Å². The normalized spacial score (nSPS) is 10.3. The third kappa shape index (κ3) is 1.64. The second-order valence-electron chi connectivity index (χ2n) is 1.61. The lowest BCUT2D eigenvalue weighted by Crippen LogP contribution is -1.83. The van der Waals surface area contributed by atoms with Crippen LogP contribution < -0.4 is 0 Å². The number of aldehydes is 1. The van der Waals surface area contributed by atoms with Crippen LogP contribution in [0.4, 0.5) is 0 Å². The first-order valence-electron chi connectivity index (χ1n) is 2.70. The van der Waals surface area contributed by atoms with Gasteiger partial charge in [-0.2, -0.15) is 0 Å². The lowest BCUT2D eigenvalue weighted by Gasteiger charge is -1.79. The Balaban J connectivity index is 2.85. The number of nitrogens with zero attached hydrogens (tertiary/aromatic N) is 1. The zero-order chi connectivity index (χ0) is 6.53. The molecule has 0 aliphatic carbocycles. The van der Waals surface area contributed by atoms with Gasteiger partial charge in [0.1, 0.15) is 0 Å². The Morgan fingerprint density at radius 3 is 3.00 bits per heavy atom. The fourth-order valence-electron chi connectivity index (χ4n) is 0.566. The van der Waals surface area contributed by atoms with Crippen molar-refractivity contribution in [3.05, 3.63) is 30.1 Å². The number of hydrogen-bond donors (Lipinski definition) is 0. The van der Waals surface area contributed by atoms with Crippen LogP contribution in [0, 0.1) is 0 Å². The second kappa shape index (κ2) is 2.97. The molecule has 0 aromatic carbocycles. The summed E-state index contributed by atoms with van der Waals surface area (Å²) in [5.41, 5.74) is 0.847. The van der Waals surface area contributed by atoms with Gasteiger partial charge in [-0.15, -0.1) is 0 Å². The molecule has 0 aliphatic heterocycles. The third-order valence-corrected chi connectivity index (χ3v) is 0.926. The van der Waals surface area contributed by atoms with E-state index >= 15 is 0 Å². The van der Waals surface area contributed by atoms with Crippen LogP contribution in [-0.2, 0) is 0 Å². The Morgan fingerprint density at radius 2 is 2.44 bits per heavy atom. The van der Waals surface area contributed by atoms with Gasteiger partial charge in [0, 0.05) is 6.20 Å². The van der Waals surface area contributed by atoms with Crippen molar-refractivity contribution in [1.29, 1.82) is 0 Å². The van der Waals surface area contributed by atoms with Crippen molar-refractivity contribution in [2.45, 2.75) is 0 Å². The van der Waals surface area contributed by atoms with Gasteiger partial charge in [0.15, 0.2) is 5.69 Å². The van der Waals surface area contributed by atoms with Gasteiger partial charge < -0.3 is 0 Å². The van der Waals surface area contributed by atoms with Crippen LogP contribution in [0.25, 0.3) is 0 Å². The number of carbonyl (C=O) groups excluding carboxylic acids is 1. The first-order chi connectivity index (χ1) is 4.43. The highest BCUT2D eigenvalue weighted by Crippen LogP contribution is 1.86. The van der Waals surface area contributed by atoms with Gasteiger partial charge in [-0.1, -0.05) is 6.07 Å². The molecule has 0 amide bonds. The average Bonchev–Trinajstić information content (AvgIpc) is 1.91. The van der Waals surface area contributed by atoms with E-state index in [0.29, 0.717) is 0 Å². The highest BCUT2D eigenvalue weighted by atomic mass is 16.4. The molecule has 0 radical (unpaired) electrons. The van der Waals surface area contributed by atoms with Crippen molar-refractivity contribution < 1.29 is 4.42 Å². The fraction of sp³-hybridized carbons (Fsp3) is 0.143. The Bertz CT molecular complexity index is 193. The molecule has 0 spiro atoms. The van der Waals surface area contributed by atoms with Crippen molar-refractivity contribution in [2.75, 3.05) is 7.11 Å². The smallest absolute Gasteiger partial charge is 0.263 e. The van der Waals surface area contributed by atoms with E-state index in [1.54, 1.807) is 19.6 Å². The molecule has 2 heteroatoms. The number of hydrogen-bond acceptors (Lipinski definition) is 1. The molecular formula is C7H8NO+.